The molecular weight excluding hydrogens is 243 g/mol. The highest BCUT2D eigenvalue weighted by Crippen LogP contribution is 2.60. The van der Waals surface area contributed by atoms with Gasteiger partial charge in [0.25, 0.3) is 5.91 Å². The molecule has 3 rings (SSSR count). The van der Waals surface area contributed by atoms with Gasteiger partial charge in [0.1, 0.15) is 5.82 Å². The van der Waals surface area contributed by atoms with Crippen molar-refractivity contribution in [3.05, 3.63) is 29.1 Å². The number of hydrogen-bond acceptors (Lipinski definition) is 2. The van der Waals surface area contributed by atoms with Crippen molar-refractivity contribution in [2.45, 2.75) is 32.6 Å². The van der Waals surface area contributed by atoms with Gasteiger partial charge in [0.15, 0.2) is 0 Å². The quantitative estimate of drug-likeness (QED) is 0.820. The Morgan fingerprint density at radius 3 is 2.68 bits per heavy atom. The van der Waals surface area contributed by atoms with E-state index in [-0.39, 0.29) is 5.91 Å². The molecule has 2 saturated carbocycles. The van der Waals surface area contributed by atoms with Gasteiger partial charge in [-0.2, -0.15) is 0 Å². The van der Waals surface area contributed by atoms with Crippen molar-refractivity contribution < 1.29 is 9.18 Å². The minimum atomic E-state index is -0.423. The van der Waals surface area contributed by atoms with Gasteiger partial charge >= 0.3 is 0 Å². The lowest BCUT2D eigenvalue weighted by Gasteiger charge is -2.15. The summed E-state index contributed by atoms with van der Waals surface area (Å²) in [5.41, 5.74) is 7.08. The Balaban J connectivity index is 1.67. The SMILES string of the molecule is Cc1c(N)cc(C(=O)NCC2(C3CC3)CC2)cc1F. The number of benzene rings is 1. The normalized spacial score (nSPS) is 20.1. The number of hydrogen-bond donors (Lipinski definition) is 2. The number of anilines is 1. The van der Waals surface area contributed by atoms with E-state index in [9.17, 15) is 9.18 Å². The summed E-state index contributed by atoms with van der Waals surface area (Å²) in [5, 5.41) is 2.94. The third-order valence-electron chi connectivity index (χ3n) is 4.58. The summed E-state index contributed by atoms with van der Waals surface area (Å²) in [6.45, 7) is 2.32. The molecule has 2 aliphatic rings. The zero-order valence-corrected chi connectivity index (χ0v) is 11.1. The first-order chi connectivity index (χ1) is 9.02. The van der Waals surface area contributed by atoms with Crippen LogP contribution in [0.3, 0.4) is 0 Å². The van der Waals surface area contributed by atoms with Crippen LogP contribution in [0.4, 0.5) is 10.1 Å². The zero-order chi connectivity index (χ0) is 13.6. The average Bonchev–Trinajstić information content (AvgIpc) is 3.25. The van der Waals surface area contributed by atoms with E-state index < -0.39 is 5.82 Å². The second-order valence-corrected chi connectivity index (χ2v) is 5.99. The maximum absolute atomic E-state index is 13.6. The monoisotopic (exact) mass is 262 g/mol. The van der Waals surface area contributed by atoms with Gasteiger partial charge in [0.05, 0.1) is 0 Å². The van der Waals surface area contributed by atoms with E-state index in [1.807, 2.05) is 0 Å². The van der Waals surface area contributed by atoms with Crippen LogP contribution in [0.1, 0.15) is 41.6 Å². The summed E-state index contributed by atoms with van der Waals surface area (Å²) < 4.78 is 13.6. The van der Waals surface area contributed by atoms with Crippen LogP contribution in [-0.2, 0) is 0 Å². The first kappa shape index (κ1) is 12.5. The molecule has 102 valence electrons. The van der Waals surface area contributed by atoms with Crippen LogP contribution >= 0.6 is 0 Å². The van der Waals surface area contributed by atoms with Gasteiger partial charge in [-0.15, -0.1) is 0 Å². The van der Waals surface area contributed by atoms with E-state index in [1.165, 1.54) is 31.7 Å². The van der Waals surface area contributed by atoms with E-state index >= 15 is 0 Å². The smallest absolute Gasteiger partial charge is 0.251 e. The molecule has 0 radical (unpaired) electrons. The molecular formula is C15H19FN2O. The van der Waals surface area contributed by atoms with Crippen molar-refractivity contribution in [2.75, 3.05) is 12.3 Å². The molecule has 1 aromatic rings. The van der Waals surface area contributed by atoms with E-state index in [0.717, 1.165) is 5.92 Å². The fourth-order valence-electron chi connectivity index (χ4n) is 2.78. The van der Waals surface area contributed by atoms with Crippen LogP contribution in [0.2, 0.25) is 0 Å². The summed E-state index contributed by atoms with van der Waals surface area (Å²) in [6.07, 6.45) is 5.01. The Hall–Kier alpha value is -1.58. The molecule has 2 aliphatic carbocycles. The van der Waals surface area contributed by atoms with Gasteiger partial charge in [-0.25, -0.2) is 4.39 Å². The molecule has 1 aromatic carbocycles. The third-order valence-corrected chi connectivity index (χ3v) is 4.58. The Kier molecular flexibility index (Phi) is 2.77. The molecule has 0 spiro atoms. The fraction of sp³-hybridized carbons (Fsp3) is 0.533. The number of carbonyl (C=O) groups is 1. The van der Waals surface area contributed by atoms with Crippen molar-refractivity contribution in [2.24, 2.45) is 11.3 Å². The lowest BCUT2D eigenvalue weighted by Crippen LogP contribution is -2.31. The summed E-state index contributed by atoms with van der Waals surface area (Å²) in [4.78, 5) is 12.0. The highest BCUT2D eigenvalue weighted by atomic mass is 19.1. The number of halogens is 1. The molecule has 3 nitrogen and oxygen atoms in total. The van der Waals surface area contributed by atoms with Crippen LogP contribution in [0.5, 0.6) is 0 Å². The predicted octanol–water partition coefficient (Wildman–Crippen LogP) is 2.64. The van der Waals surface area contributed by atoms with Gasteiger partial charge in [0.2, 0.25) is 0 Å². The van der Waals surface area contributed by atoms with Crippen LogP contribution in [0, 0.1) is 24.1 Å². The van der Waals surface area contributed by atoms with Crippen LogP contribution < -0.4 is 11.1 Å². The van der Waals surface area contributed by atoms with E-state index in [0.29, 0.717) is 28.8 Å². The zero-order valence-electron chi connectivity index (χ0n) is 11.1. The summed E-state index contributed by atoms with van der Waals surface area (Å²) in [7, 11) is 0. The second kappa shape index (κ2) is 4.22. The molecule has 0 bridgehead atoms. The highest BCUT2D eigenvalue weighted by molar-refractivity contribution is 5.95. The Bertz CT molecular complexity index is 510. The lowest BCUT2D eigenvalue weighted by molar-refractivity contribution is 0.0942. The van der Waals surface area contributed by atoms with Gasteiger partial charge < -0.3 is 11.1 Å². The van der Waals surface area contributed by atoms with Crippen molar-refractivity contribution in [1.29, 1.82) is 0 Å². The number of amides is 1. The second-order valence-electron chi connectivity index (χ2n) is 5.99. The molecule has 0 aromatic heterocycles. The molecule has 3 N–H and O–H groups in total. The first-order valence-corrected chi connectivity index (χ1v) is 6.86. The maximum Gasteiger partial charge on any atom is 0.251 e. The molecule has 0 atom stereocenters. The first-order valence-electron chi connectivity index (χ1n) is 6.86. The topological polar surface area (TPSA) is 55.1 Å². The van der Waals surface area contributed by atoms with Gasteiger partial charge in [-0.3, -0.25) is 4.79 Å². The molecule has 1 amide bonds. The van der Waals surface area contributed by atoms with Gasteiger partial charge in [-0.1, -0.05) is 0 Å². The van der Waals surface area contributed by atoms with Crippen LogP contribution in [0.25, 0.3) is 0 Å². The molecule has 0 unspecified atom stereocenters. The minimum Gasteiger partial charge on any atom is -0.398 e. The molecule has 0 aliphatic heterocycles. The molecule has 4 heteroatoms. The summed E-state index contributed by atoms with van der Waals surface area (Å²) in [6, 6.07) is 2.81. The van der Waals surface area contributed by atoms with Crippen LogP contribution in [0.15, 0.2) is 12.1 Å². The minimum absolute atomic E-state index is 0.225. The number of rotatable bonds is 4. The van der Waals surface area contributed by atoms with Crippen molar-refractivity contribution in [1.82, 2.24) is 5.32 Å². The average molecular weight is 262 g/mol. The van der Waals surface area contributed by atoms with Crippen molar-refractivity contribution >= 4 is 11.6 Å². The summed E-state index contributed by atoms with van der Waals surface area (Å²) in [5.74, 6) is 0.152. The van der Waals surface area contributed by atoms with Crippen molar-refractivity contribution in [3.63, 3.8) is 0 Å². The van der Waals surface area contributed by atoms with Crippen molar-refractivity contribution in [3.8, 4) is 0 Å². The largest absolute Gasteiger partial charge is 0.398 e. The molecule has 2 fully saturated rings. The van der Waals surface area contributed by atoms with Crippen LogP contribution in [-0.4, -0.2) is 12.5 Å². The molecule has 0 saturated heterocycles. The molecule has 0 heterocycles. The predicted molar refractivity (Wildman–Crippen MR) is 72.3 cm³/mol. The van der Waals surface area contributed by atoms with Gasteiger partial charge in [-0.05, 0) is 56.1 Å². The third kappa shape index (κ3) is 2.31. The Morgan fingerprint density at radius 1 is 1.47 bits per heavy atom. The van der Waals surface area contributed by atoms with E-state index in [1.54, 1.807) is 13.0 Å². The summed E-state index contributed by atoms with van der Waals surface area (Å²) >= 11 is 0. The number of nitrogens with two attached hydrogens (primary N) is 1. The number of nitrogen functional groups attached to an aromatic ring is 1. The maximum atomic E-state index is 13.6. The Labute approximate surface area is 112 Å². The number of carbonyl (C=O) groups excluding carboxylic acids is 1. The Morgan fingerprint density at radius 2 is 2.16 bits per heavy atom. The highest BCUT2D eigenvalue weighted by Gasteiger charge is 2.53. The molecule has 19 heavy (non-hydrogen) atoms. The van der Waals surface area contributed by atoms with E-state index in [4.69, 9.17) is 5.73 Å². The standard InChI is InChI=1S/C15H19FN2O/c1-9-12(16)6-10(7-13(9)17)14(19)18-8-15(4-5-15)11-2-3-11/h6-7,11H,2-5,8,17H2,1H3,(H,18,19). The fourth-order valence-corrected chi connectivity index (χ4v) is 2.78. The number of nitrogens with one attached hydrogen (secondary N) is 1. The van der Waals surface area contributed by atoms with Gasteiger partial charge in [0, 0.05) is 23.4 Å². The van der Waals surface area contributed by atoms with E-state index in [2.05, 4.69) is 5.32 Å². The lowest BCUT2D eigenvalue weighted by atomic mass is 10.0.